The maximum absolute atomic E-state index is 12.5. The number of aryl methyl sites for hydroxylation is 2. The zero-order chi connectivity index (χ0) is 18.1. The molecule has 132 valence electrons. The lowest BCUT2D eigenvalue weighted by Gasteiger charge is -2.18. The second-order valence-corrected chi connectivity index (χ2v) is 7.01. The fourth-order valence-corrected chi connectivity index (χ4v) is 3.43. The summed E-state index contributed by atoms with van der Waals surface area (Å²) in [5.74, 6) is 1.04. The van der Waals surface area contributed by atoms with Gasteiger partial charge in [-0.3, -0.25) is 10.1 Å². The predicted octanol–water partition coefficient (Wildman–Crippen LogP) is 4.45. The molecule has 1 aromatic heterocycles. The first-order valence-electron chi connectivity index (χ1n) is 8.34. The number of hydrogen-bond acceptors (Lipinski definition) is 5. The molecule has 0 fully saturated rings. The Morgan fingerprint density at radius 1 is 1.04 bits per heavy atom. The number of benzene rings is 2. The van der Waals surface area contributed by atoms with Crippen molar-refractivity contribution in [3.05, 3.63) is 58.5 Å². The predicted molar refractivity (Wildman–Crippen MR) is 102 cm³/mol. The van der Waals surface area contributed by atoms with Gasteiger partial charge in [-0.05, 0) is 49.2 Å². The lowest BCUT2D eigenvalue weighted by atomic mass is 10.1. The molecule has 26 heavy (non-hydrogen) atoms. The van der Waals surface area contributed by atoms with Crippen LogP contribution in [0.3, 0.4) is 0 Å². The number of aromatic nitrogens is 1. The highest BCUT2D eigenvalue weighted by atomic mass is 32.1. The van der Waals surface area contributed by atoms with E-state index in [1.807, 2.05) is 11.4 Å². The monoisotopic (exact) mass is 366 g/mol. The molecule has 0 unspecified atom stereocenters. The van der Waals surface area contributed by atoms with Gasteiger partial charge in [-0.25, -0.2) is 4.98 Å². The summed E-state index contributed by atoms with van der Waals surface area (Å²) in [6.45, 7) is 5.18. The summed E-state index contributed by atoms with van der Waals surface area (Å²) in [5, 5.41) is 5.37. The van der Waals surface area contributed by atoms with Crippen LogP contribution in [0.5, 0.6) is 11.5 Å². The van der Waals surface area contributed by atoms with E-state index in [0.29, 0.717) is 35.4 Å². The largest absolute Gasteiger partial charge is 0.486 e. The van der Waals surface area contributed by atoms with E-state index in [2.05, 4.69) is 36.3 Å². The van der Waals surface area contributed by atoms with Gasteiger partial charge in [0.05, 0.1) is 5.69 Å². The summed E-state index contributed by atoms with van der Waals surface area (Å²) in [7, 11) is 0. The molecule has 4 rings (SSSR count). The normalized spacial score (nSPS) is 12.7. The van der Waals surface area contributed by atoms with Crippen molar-refractivity contribution in [3.8, 4) is 22.8 Å². The summed E-state index contributed by atoms with van der Waals surface area (Å²) >= 11 is 1.41. The van der Waals surface area contributed by atoms with Crippen LogP contribution in [0.15, 0.2) is 41.8 Å². The molecule has 0 bridgehead atoms. The molecule has 0 saturated heterocycles. The minimum Gasteiger partial charge on any atom is -0.486 e. The number of thiazole rings is 1. The van der Waals surface area contributed by atoms with E-state index in [0.717, 1.165) is 11.3 Å². The Bertz CT molecular complexity index is 981. The molecule has 2 heterocycles. The highest BCUT2D eigenvalue weighted by Crippen LogP contribution is 2.31. The molecule has 5 nitrogen and oxygen atoms in total. The first kappa shape index (κ1) is 16.6. The Morgan fingerprint density at radius 3 is 2.65 bits per heavy atom. The highest BCUT2D eigenvalue weighted by Gasteiger charge is 2.16. The Balaban J connectivity index is 1.52. The number of carbonyl (C=O) groups is 1. The number of amides is 1. The molecule has 3 aromatic rings. The van der Waals surface area contributed by atoms with Gasteiger partial charge in [0.2, 0.25) is 0 Å². The zero-order valence-electron chi connectivity index (χ0n) is 14.5. The summed E-state index contributed by atoms with van der Waals surface area (Å²) in [6, 6.07) is 11.4. The van der Waals surface area contributed by atoms with Crippen LogP contribution in [0.2, 0.25) is 0 Å². The quantitative estimate of drug-likeness (QED) is 0.744. The van der Waals surface area contributed by atoms with Gasteiger partial charge in [0.15, 0.2) is 16.6 Å². The van der Waals surface area contributed by atoms with Crippen LogP contribution in [0, 0.1) is 13.8 Å². The zero-order valence-corrected chi connectivity index (χ0v) is 15.4. The molecule has 0 aliphatic carbocycles. The van der Waals surface area contributed by atoms with Gasteiger partial charge < -0.3 is 9.47 Å². The van der Waals surface area contributed by atoms with Crippen molar-refractivity contribution in [1.29, 1.82) is 0 Å². The van der Waals surface area contributed by atoms with Crippen molar-refractivity contribution in [2.45, 2.75) is 13.8 Å². The Labute approximate surface area is 155 Å². The number of fused-ring (bicyclic) bond motifs is 1. The topological polar surface area (TPSA) is 60.5 Å². The van der Waals surface area contributed by atoms with E-state index >= 15 is 0 Å². The van der Waals surface area contributed by atoms with E-state index in [4.69, 9.17) is 9.47 Å². The van der Waals surface area contributed by atoms with Crippen molar-refractivity contribution in [3.63, 3.8) is 0 Å². The molecule has 1 aliphatic heterocycles. The van der Waals surface area contributed by atoms with Crippen LogP contribution in [-0.2, 0) is 0 Å². The second kappa shape index (κ2) is 6.80. The van der Waals surface area contributed by atoms with Gasteiger partial charge in [-0.2, -0.15) is 0 Å². The SMILES string of the molecule is Cc1ccc(-c2csc(NC(=O)c3ccc4c(c3)OCCO4)n2)cc1C. The van der Waals surface area contributed by atoms with Crippen molar-refractivity contribution in [1.82, 2.24) is 4.98 Å². The number of rotatable bonds is 3. The maximum atomic E-state index is 12.5. The van der Waals surface area contributed by atoms with Crippen LogP contribution in [0.4, 0.5) is 5.13 Å². The molecular formula is C20H18N2O3S. The average molecular weight is 366 g/mol. The Kier molecular flexibility index (Phi) is 4.34. The van der Waals surface area contributed by atoms with Crippen LogP contribution < -0.4 is 14.8 Å². The van der Waals surface area contributed by atoms with Crippen LogP contribution in [0.25, 0.3) is 11.3 Å². The second-order valence-electron chi connectivity index (χ2n) is 6.15. The third-order valence-electron chi connectivity index (χ3n) is 4.33. The Morgan fingerprint density at radius 2 is 1.85 bits per heavy atom. The van der Waals surface area contributed by atoms with E-state index < -0.39 is 0 Å². The molecule has 0 atom stereocenters. The number of hydrogen-bond donors (Lipinski definition) is 1. The number of nitrogens with one attached hydrogen (secondary N) is 1. The van der Waals surface area contributed by atoms with Gasteiger partial charge in [0.1, 0.15) is 13.2 Å². The van der Waals surface area contributed by atoms with Crippen molar-refractivity contribution >= 4 is 22.4 Å². The molecule has 0 radical (unpaired) electrons. The highest BCUT2D eigenvalue weighted by molar-refractivity contribution is 7.14. The number of anilines is 1. The fraction of sp³-hybridized carbons (Fsp3) is 0.200. The first-order chi connectivity index (χ1) is 12.6. The molecule has 1 N–H and O–H groups in total. The third kappa shape index (κ3) is 3.28. The third-order valence-corrected chi connectivity index (χ3v) is 5.09. The minimum absolute atomic E-state index is 0.219. The Hall–Kier alpha value is -2.86. The lowest BCUT2D eigenvalue weighted by molar-refractivity contribution is 0.102. The first-order valence-corrected chi connectivity index (χ1v) is 9.22. The molecule has 1 amide bonds. The molecule has 6 heteroatoms. The molecule has 0 spiro atoms. The van der Waals surface area contributed by atoms with E-state index in [1.54, 1.807) is 18.2 Å². The lowest BCUT2D eigenvalue weighted by Crippen LogP contribution is -2.17. The van der Waals surface area contributed by atoms with Crippen molar-refractivity contribution in [2.75, 3.05) is 18.5 Å². The number of nitrogens with zero attached hydrogens (tertiary/aromatic N) is 1. The summed E-state index contributed by atoms with van der Waals surface area (Å²) in [6.07, 6.45) is 0. The van der Waals surface area contributed by atoms with Crippen LogP contribution >= 0.6 is 11.3 Å². The van der Waals surface area contributed by atoms with Gasteiger partial charge >= 0.3 is 0 Å². The van der Waals surface area contributed by atoms with Crippen molar-refractivity contribution < 1.29 is 14.3 Å². The smallest absolute Gasteiger partial charge is 0.257 e. The van der Waals surface area contributed by atoms with Crippen LogP contribution in [0.1, 0.15) is 21.5 Å². The van der Waals surface area contributed by atoms with Gasteiger partial charge in [-0.1, -0.05) is 12.1 Å². The molecule has 0 saturated carbocycles. The van der Waals surface area contributed by atoms with E-state index in [9.17, 15) is 4.79 Å². The fourth-order valence-electron chi connectivity index (χ4n) is 2.72. The standard InChI is InChI=1S/C20H18N2O3S/c1-12-3-4-14(9-13(12)2)16-11-26-20(21-16)22-19(23)15-5-6-17-18(10-15)25-8-7-24-17/h3-6,9-11H,7-8H2,1-2H3,(H,21,22,23). The van der Waals surface area contributed by atoms with Gasteiger partial charge in [0, 0.05) is 16.5 Å². The number of ether oxygens (including phenoxy) is 2. The van der Waals surface area contributed by atoms with Crippen molar-refractivity contribution in [2.24, 2.45) is 0 Å². The summed E-state index contributed by atoms with van der Waals surface area (Å²) in [5.41, 5.74) is 4.88. The summed E-state index contributed by atoms with van der Waals surface area (Å²) in [4.78, 5) is 17.0. The molecule has 1 aliphatic rings. The maximum Gasteiger partial charge on any atom is 0.257 e. The molecule has 2 aromatic carbocycles. The number of carbonyl (C=O) groups excluding carboxylic acids is 1. The van der Waals surface area contributed by atoms with E-state index in [-0.39, 0.29) is 5.91 Å². The van der Waals surface area contributed by atoms with Crippen LogP contribution in [-0.4, -0.2) is 24.1 Å². The average Bonchev–Trinajstić information content (AvgIpc) is 3.12. The van der Waals surface area contributed by atoms with Gasteiger partial charge in [-0.15, -0.1) is 11.3 Å². The van der Waals surface area contributed by atoms with E-state index in [1.165, 1.54) is 22.5 Å². The molecular weight excluding hydrogens is 348 g/mol. The minimum atomic E-state index is -0.219. The summed E-state index contributed by atoms with van der Waals surface area (Å²) < 4.78 is 11.0. The van der Waals surface area contributed by atoms with Gasteiger partial charge in [0.25, 0.3) is 5.91 Å².